The average molecular weight is 529 g/mol. The van der Waals surface area contributed by atoms with Crippen LogP contribution in [0.5, 0.6) is 0 Å². The van der Waals surface area contributed by atoms with Crippen molar-refractivity contribution in [2.24, 2.45) is 0 Å². The van der Waals surface area contributed by atoms with E-state index >= 15 is 0 Å². The molecule has 2 heterocycles. The van der Waals surface area contributed by atoms with Gasteiger partial charge in [-0.25, -0.2) is 0 Å². The highest BCUT2D eigenvalue weighted by molar-refractivity contribution is 6.08. The van der Waals surface area contributed by atoms with Crippen LogP contribution in [0.1, 0.15) is 30.0 Å². The molecule has 2 heteroatoms. The number of rotatable bonds is 3. The van der Waals surface area contributed by atoms with Crippen LogP contribution in [0.25, 0.3) is 49.8 Å². The summed E-state index contributed by atoms with van der Waals surface area (Å²) in [4.78, 5) is 0. The van der Waals surface area contributed by atoms with Gasteiger partial charge in [0.1, 0.15) is 0 Å². The highest BCUT2D eigenvalue weighted by atomic mass is 15.5. The van der Waals surface area contributed by atoms with E-state index in [1.807, 2.05) is 6.08 Å². The number of para-hydroxylation sites is 3. The van der Waals surface area contributed by atoms with Crippen molar-refractivity contribution in [1.29, 1.82) is 0 Å². The Bertz CT molecular complexity index is 2000. The van der Waals surface area contributed by atoms with E-state index < -0.39 is 0 Å². The summed E-state index contributed by atoms with van der Waals surface area (Å²) in [5.41, 5.74) is 10.7. The molecule has 6 aromatic rings. The average Bonchev–Trinajstić information content (AvgIpc) is 3.34. The van der Waals surface area contributed by atoms with Crippen molar-refractivity contribution < 1.29 is 0 Å². The molecule has 7 rings (SSSR count). The van der Waals surface area contributed by atoms with E-state index in [0.717, 1.165) is 17.7 Å². The maximum absolute atomic E-state index is 4.63. The van der Waals surface area contributed by atoms with Crippen LogP contribution >= 0.6 is 0 Å². The first-order chi connectivity index (χ1) is 20.2. The van der Waals surface area contributed by atoms with Crippen LogP contribution in [0.3, 0.4) is 0 Å². The number of benzene rings is 5. The van der Waals surface area contributed by atoms with E-state index in [2.05, 4.69) is 151 Å². The van der Waals surface area contributed by atoms with E-state index in [0.29, 0.717) is 6.54 Å². The molecule has 2 nitrogen and oxygen atoms in total. The highest BCUT2D eigenvalue weighted by Crippen LogP contribution is 2.38. The summed E-state index contributed by atoms with van der Waals surface area (Å²) in [6.45, 7) is 11.8. The molecular formula is C39H32N2. The van der Waals surface area contributed by atoms with Gasteiger partial charge in [-0.3, -0.25) is 9.69 Å². The van der Waals surface area contributed by atoms with Crippen molar-refractivity contribution >= 4 is 55.5 Å². The summed E-state index contributed by atoms with van der Waals surface area (Å²) < 4.78 is 2.38. The Morgan fingerprint density at radius 1 is 0.683 bits per heavy atom. The molecular weight excluding hydrogens is 496 g/mol. The van der Waals surface area contributed by atoms with E-state index in [9.17, 15) is 0 Å². The fraction of sp³-hybridized carbons (Fsp3) is 0.0769. The van der Waals surface area contributed by atoms with Gasteiger partial charge in [-0.15, -0.1) is 0 Å². The number of hydrogen-bond donors (Lipinski definition) is 0. The van der Waals surface area contributed by atoms with Crippen molar-refractivity contribution in [3.05, 3.63) is 157 Å². The monoisotopic (exact) mass is 528 g/mol. The maximum Gasteiger partial charge on any atom is 0.0712 e. The molecule has 0 saturated carbocycles. The van der Waals surface area contributed by atoms with Gasteiger partial charge in [-0.05, 0) is 64.6 Å². The molecule has 0 fully saturated rings. The standard InChI is InChI=1S/C39H32N2/c1-4-30-33-16-6-5-14-29(33)23-24-34(30)31-19-13-25-40(37-20-10-7-15-32(37)28(3)26-27(31)2)41-38-21-11-8-17-35(38)36-18-9-12-22-39(36)41/h4-24H,1,3,25-26H2,2H3/b19-13-,31-27+. The number of anilines is 1. The van der Waals surface area contributed by atoms with Gasteiger partial charge in [0.25, 0.3) is 0 Å². The minimum atomic E-state index is 0.695. The summed E-state index contributed by atoms with van der Waals surface area (Å²) in [6.07, 6.45) is 7.38. The molecule has 0 saturated heterocycles. The Hall–Kier alpha value is -5.08. The van der Waals surface area contributed by atoms with Gasteiger partial charge >= 0.3 is 0 Å². The van der Waals surface area contributed by atoms with Gasteiger partial charge in [0, 0.05) is 16.3 Å². The van der Waals surface area contributed by atoms with Crippen molar-refractivity contribution in [3.63, 3.8) is 0 Å². The van der Waals surface area contributed by atoms with E-state index in [-0.39, 0.29) is 0 Å². The molecule has 1 aromatic heterocycles. The predicted octanol–water partition coefficient (Wildman–Crippen LogP) is 10.3. The zero-order valence-electron chi connectivity index (χ0n) is 23.3. The van der Waals surface area contributed by atoms with Crippen molar-refractivity contribution in [3.8, 4) is 0 Å². The third-order valence-corrected chi connectivity index (χ3v) is 8.33. The zero-order valence-corrected chi connectivity index (χ0v) is 23.3. The molecule has 198 valence electrons. The number of nitrogens with zero attached hydrogens (tertiary/aromatic N) is 2. The normalized spacial score (nSPS) is 16.7. The summed E-state index contributed by atoms with van der Waals surface area (Å²) in [5.74, 6) is 0. The lowest BCUT2D eigenvalue weighted by molar-refractivity contribution is 0.788. The second-order valence-corrected chi connectivity index (χ2v) is 10.8. The predicted molar refractivity (Wildman–Crippen MR) is 178 cm³/mol. The van der Waals surface area contributed by atoms with Crippen LogP contribution in [-0.4, -0.2) is 11.2 Å². The van der Waals surface area contributed by atoms with E-state index in [4.69, 9.17) is 0 Å². The summed E-state index contributed by atoms with van der Waals surface area (Å²) in [5, 5.41) is 7.35. The van der Waals surface area contributed by atoms with Gasteiger partial charge in [0.15, 0.2) is 0 Å². The number of hydrogen-bond acceptors (Lipinski definition) is 1. The molecule has 0 N–H and O–H groups in total. The molecule has 5 aromatic carbocycles. The van der Waals surface area contributed by atoms with E-state index in [1.165, 1.54) is 60.4 Å². The minimum absolute atomic E-state index is 0.695. The highest BCUT2D eigenvalue weighted by Gasteiger charge is 2.21. The first kappa shape index (κ1) is 24.9. The Labute approximate surface area is 241 Å². The number of aromatic nitrogens is 1. The van der Waals surface area contributed by atoms with Crippen molar-refractivity contribution in [2.75, 3.05) is 11.6 Å². The zero-order chi connectivity index (χ0) is 27.9. The lowest BCUT2D eigenvalue weighted by Gasteiger charge is -2.30. The first-order valence-electron chi connectivity index (χ1n) is 14.2. The maximum atomic E-state index is 4.63. The van der Waals surface area contributed by atoms with Crippen LogP contribution in [0.2, 0.25) is 0 Å². The molecule has 0 aliphatic carbocycles. The topological polar surface area (TPSA) is 8.17 Å². The van der Waals surface area contributed by atoms with E-state index in [1.54, 1.807) is 0 Å². The molecule has 0 spiro atoms. The molecule has 41 heavy (non-hydrogen) atoms. The third kappa shape index (κ3) is 4.11. The van der Waals surface area contributed by atoms with Crippen LogP contribution in [0, 0.1) is 0 Å². The molecule has 0 bridgehead atoms. The fourth-order valence-electron chi connectivity index (χ4n) is 6.44. The number of allylic oxidation sites excluding steroid dienone is 4. The molecule has 0 amide bonds. The van der Waals surface area contributed by atoms with Crippen LogP contribution in [0.15, 0.2) is 140 Å². The van der Waals surface area contributed by atoms with Gasteiger partial charge < -0.3 is 0 Å². The quantitative estimate of drug-likeness (QED) is 0.222. The van der Waals surface area contributed by atoms with Crippen LogP contribution in [0.4, 0.5) is 5.69 Å². The Kier molecular flexibility index (Phi) is 6.17. The SMILES string of the molecule is C=Cc1c(C2=C(\C)CC(=C)c3ccccc3N(n3c4ccccc4c4ccccc43)C/C=C\2)ccc2ccccc12. The summed E-state index contributed by atoms with van der Waals surface area (Å²) in [6, 6.07) is 39.1. The van der Waals surface area contributed by atoms with Crippen LogP contribution in [-0.2, 0) is 0 Å². The summed E-state index contributed by atoms with van der Waals surface area (Å²) >= 11 is 0. The van der Waals surface area contributed by atoms with Gasteiger partial charge in [0.05, 0.1) is 23.3 Å². The first-order valence-corrected chi connectivity index (χ1v) is 14.2. The largest absolute Gasteiger partial charge is 0.276 e. The fourth-order valence-corrected chi connectivity index (χ4v) is 6.44. The molecule has 1 aliphatic heterocycles. The summed E-state index contributed by atoms with van der Waals surface area (Å²) in [7, 11) is 0. The van der Waals surface area contributed by atoms with Gasteiger partial charge in [0.2, 0.25) is 0 Å². The van der Waals surface area contributed by atoms with Crippen LogP contribution < -0.4 is 5.01 Å². The smallest absolute Gasteiger partial charge is 0.0712 e. The minimum Gasteiger partial charge on any atom is -0.276 e. The molecule has 0 radical (unpaired) electrons. The Morgan fingerprint density at radius 3 is 2.05 bits per heavy atom. The number of fused-ring (bicyclic) bond motifs is 5. The Morgan fingerprint density at radius 2 is 1.32 bits per heavy atom. The molecule has 0 atom stereocenters. The lowest BCUT2D eigenvalue weighted by Crippen LogP contribution is -2.30. The van der Waals surface area contributed by atoms with Crippen molar-refractivity contribution in [1.82, 2.24) is 4.68 Å². The second kappa shape index (κ2) is 10.1. The molecule has 0 unspecified atom stereocenters. The Balaban J connectivity index is 1.45. The second-order valence-electron chi connectivity index (χ2n) is 10.8. The molecule has 1 aliphatic rings. The van der Waals surface area contributed by atoms with Gasteiger partial charge in [-0.2, -0.15) is 0 Å². The lowest BCUT2D eigenvalue weighted by atomic mass is 9.88. The van der Waals surface area contributed by atoms with Gasteiger partial charge in [-0.1, -0.05) is 128 Å². The third-order valence-electron chi connectivity index (χ3n) is 8.33. The van der Waals surface area contributed by atoms with Crippen molar-refractivity contribution in [2.45, 2.75) is 13.3 Å².